The van der Waals surface area contributed by atoms with Crippen molar-refractivity contribution in [3.05, 3.63) is 97.2 Å². The van der Waals surface area contributed by atoms with Gasteiger partial charge in [0.2, 0.25) is 0 Å². The van der Waals surface area contributed by atoms with Gasteiger partial charge in [-0.05, 0) is 122 Å². The van der Waals surface area contributed by atoms with Crippen LogP contribution in [0.3, 0.4) is 0 Å². The Hall–Kier alpha value is -3.67. The second kappa shape index (κ2) is 70.8. The Morgan fingerprint density at radius 1 is 0.253 bits per heavy atom. The van der Waals surface area contributed by atoms with Crippen LogP contribution in [-0.2, 0) is 28.6 Å². The number of esters is 3. The molecule has 0 aromatic heterocycles. The SMILES string of the molecule is CC/C=C\C/C=C\C/C=C\CCCCCC(=O)OCC(COC(=O)CCCCCCCCCCCCCCCCCCCCC/C=C\C/C=C\CCCCCCC)OC(=O)CCCCCCCC/C=C\C/C=C\C/C=C\CCCCCCC. The van der Waals surface area contributed by atoms with E-state index < -0.39 is 6.10 Å². The number of carbonyl (C=O) groups is 3. The molecular formula is C77H134O6. The molecule has 0 saturated carbocycles. The van der Waals surface area contributed by atoms with Crippen molar-refractivity contribution in [3.63, 3.8) is 0 Å². The molecule has 1 atom stereocenters. The standard InChI is InChI=1S/C77H134O6/c1-4-7-10-13-16-19-22-25-27-29-31-33-34-35-36-37-38-39-40-41-42-44-45-47-49-52-55-58-61-64-67-70-76(79)82-73-74(72-81-75(78)69-66-63-60-57-54-51-24-21-18-15-12-9-6-3)83-77(80)71-68-65-62-59-56-53-50-48-46-43-32-30-28-26-23-20-17-14-11-8-5-2/h9,12,18,21-23,25-26,29-32,46,48,51,54,74H,4-8,10-11,13-17,19-20,24,27-28,33-45,47,49-50,52-53,55-73H2,1-3H3/b12-9-,21-18-,25-22-,26-23-,31-29-,32-30-,48-46-,54-51-. The van der Waals surface area contributed by atoms with Crippen LogP contribution in [0.5, 0.6) is 0 Å². The maximum atomic E-state index is 12.9. The first-order valence-corrected chi connectivity index (χ1v) is 35.7. The molecule has 0 aliphatic heterocycles. The van der Waals surface area contributed by atoms with Crippen LogP contribution in [0.25, 0.3) is 0 Å². The molecule has 478 valence electrons. The van der Waals surface area contributed by atoms with Crippen molar-refractivity contribution in [2.24, 2.45) is 0 Å². The minimum Gasteiger partial charge on any atom is -0.462 e. The fourth-order valence-corrected chi connectivity index (χ4v) is 10.2. The summed E-state index contributed by atoms with van der Waals surface area (Å²) in [6.45, 7) is 6.51. The van der Waals surface area contributed by atoms with Crippen LogP contribution in [0.15, 0.2) is 97.2 Å². The van der Waals surface area contributed by atoms with Crippen molar-refractivity contribution < 1.29 is 28.6 Å². The average Bonchev–Trinajstić information content (AvgIpc) is 3.49. The molecule has 6 nitrogen and oxygen atoms in total. The van der Waals surface area contributed by atoms with Crippen LogP contribution in [0.4, 0.5) is 0 Å². The van der Waals surface area contributed by atoms with Gasteiger partial charge in [-0.1, -0.05) is 311 Å². The van der Waals surface area contributed by atoms with E-state index in [0.717, 1.165) is 116 Å². The number of hydrogen-bond acceptors (Lipinski definition) is 6. The number of carbonyl (C=O) groups excluding carboxylic acids is 3. The molecule has 0 heterocycles. The molecule has 83 heavy (non-hydrogen) atoms. The summed E-state index contributed by atoms with van der Waals surface area (Å²) in [6.07, 6.45) is 95.9. The molecule has 0 amide bonds. The third-order valence-electron chi connectivity index (χ3n) is 15.5. The molecule has 0 fully saturated rings. The molecular weight excluding hydrogens is 1020 g/mol. The summed E-state index contributed by atoms with van der Waals surface area (Å²) in [5, 5.41) is 0. The average molecular weight is 1160 g/mol. The van der Waals surface area contributed by atoms with Crippen LogP contribution in [0.1, 0.15) is 355 Å². The summed E-state index contributed by atoms with van der Waals surface area (Å²) in [5.74, 6) is -0.919. The van der Waals surface area contributed by atoms with Crippen molar-refractivity contribution in [2.45, 2.75) is 361 Å². The van der Waals surface area contributed by atoms with Gasteiger partial charge < -0.3 is 14.2 Å². The van der Waals surface area contributed by atoms with Gasteiger partial charge >= 0.3 is 17.9 Å². The fourth-order valence-electron chi connectivity index (χ4n) is 10.2. The number of allylic oxidation sites excluding steroid dienone is 16. The fraction of sp³-hybridized carbons (Fsp3) is 0.753. The monoisotopic (exact) mass is 1160 g/mol. The van der Waals surface area contributed by atoms with Crippen molar-refractivity contribution in [3.8, 4) is 0 Å². The van der Waals surface area contributed by atoms with Crippen molar-refractivity contribution >= 4 is 17.9 Å². The van der Waals surface area contributed by atoms with Gasteiger partial charge in [-0.15, -0.1) is 0 Å². The van der Waals surface area contributed by atoms with E-state index in [2.05, 4.69) is 118 Å². The van der Waals surface area contributed by atoms with Gasteiger partial charge in [0.1, 0.15) is 13.2 Å². The largest absolute Gasteiger partial charge is 0.462 e. The maximum Gasteiger partial charge on any atom is 0.306 e. The third-order valence-corrected chi connectivity index (χ3v) is 15.5. The smallest absolute Gasteiger partial charge is 0.306 e. The summed E-state index contributed by atoms with van der Waals surface area (Å²) < 4.78 is 16.9. The van der Waals surface area contributed by atoms with Gasteiger partial charge in [0, 0.05) is 19.3 Å². The molecule has 0 aromatic rings. The van der Waals surface area contributed by atoms with E-state index in [9.17, 15) is 14.4 Å². The van der Waals surface area contributed by atoms with E-state index in [1.54, 1.807) is 0 Å². The highest BCUT2D eigenvalue weighted by molar-refractivity contribution is 5.71. The Labute approximate surface area is 515 Å². The van der Waals surface area contributed by atoms with Crippen LogP contribution in [-0.4, -0.2) is 37.2 Å². The first kappa shape index (κ1) is 79.3. The molecule has 0 bridgehead atoms. The minimum absolute atomic E-state index is 0.0903. The number of rotatable bonds is 65. The molecule has 0 N–H and O–H groups in total. The van der Waals surface area contributed by atoms with E-state index in [1.165, 1.54) is 199 Å². The number of hydrogen-bond donors (Lipinski definition) is 0. The molecule has 0 rings (SSSR count). The summed E-state index contributed by atoms with van der Waals surface area (Å²) >= 11 is 0. The molecule has 0 aliphatic carbocycles. The zero-order valence-electron chi connectivity index (χ0n) is 54.9. The zero-order chi connectivity index (χ0) is 59.9. The molecule has 0 radical (unpaired) electrons. The Kier molecular flexibility index (Phi) is 67.7. The van der Waals surface area contributed by atoms with E-state index in [1.807, 2.05) is 0 Å². The van der Waals surface area contributed by atoms with Gasteiger partial charge in [0.25, 0.3) is 0 Å². The highest BCUT2D eigenvalue weighted by atomic mass is 16.6. The molecule has 0 spiro atoms. The predicted octanol–water partition coefficient (Wildman–Crippen LogP) is 24.8. The quantitative estimate of drug-likeness (QED) is 0.0261. The maximum absolute atomic E-state index is 12.9. The lowest BCUT2D eigenvalue weighted by atomic mass is 10.0. The predicted molar refractivity (Wildman–Crippen MR) is 362 cm³/mol. The first-order chi connectivity index (χ1) is 41.0. The Morgan fingerprint density at radius 3 is 0.747 bits per heavy atom. The Morgan fingerprint density at radius 2 is 0.470 bits per heavy atom. The second-order valence-electron chi connectivity index (χ2n) is 23.8. The lowest BCUT2D eigenvalue weighted by Gasteiger charge is -2.18. The van der Waals surface area contributed by atoms with Gasteiger partial charge in [0.15, 0.2) is 6.10 Å². The lowest BCUT2D eigenvalue weighted by molar-refractivity contribution is -0.167. The van der Waals surface area contributed by atoms with E-state index >= 15 is 0 Å². The third kappa shape index (κ3) is 69.0. The summed E-state index contributed by atoms with van der Waals surface area (Å²) in [6, 6.07) is 0. The van der Waals surface area contributed by atoms with E-state index in [-0.39, 0.29) is 31.1 Å². The molecule has 0 aliphatic rings. The van der Waals surface area contributed by atoms with E-state index in [0.29, 0.717) is 19.3 Å². The van der Waals surface area contributed by atoms with Gasteiger partial charge in [0.05, 0.1) is 0 Å². The second-order valence-corrected chi connectivity index (χ2v) is 23.8. The van der Waals surface area contributed by atoms with Crippen molar-refractivity contribution in [2.75, 3.05) is 13.2 Å². The van der Waals surface area contributed by atoms with Crippen molar-refractivity contribution in [1.29, 1.82) is 0 Å². The van der Waals surface area contributed by atoms with Crippen LogP contribution in [0.2, 0.25) is 0 Å². The normalized spacial score (nSPS) is 12.7. The highest BCUT2D eigenvalue weighted by Gasteiger charge is 2.19. The Bertz CT molecular complexity index is 1610. The van der Waals surface area contributed by atoms with Gasteiger partial charge in [-0.3, -0.25) is 14.4 Å². The van der Waals surface area contributed by atoms with E-state index in [4.69, 9.17) is 14.2 Å². The van der Waals surface area contributed by atoms with Crippen LogP contribution < -0.4 is 0 Å². The Balaban J connectivity index is 4.24. The molecule has 0 saturated heterocycles. The zero-order valence-corrected chi connectivity index (χ0v) is 54.9. The molecule has 1 unspecified atom stereocenters. The summed E-state index contributed by atoms with van der Waals surface area (Å²) in [5.41, 5.74) is 0. The minimum atomic E-state index is -0.798. The lowest BCUT2D eigenvalue weighted by Crippen LogP contribution is -2.30. The molecule has 0 aromatic carbocycles. The topological polar surface area (TPSA) is 78.9 Å². The highest BCUT2D eigenvalue weighted by Crippen LogP contribution is 2.17. The first-order valence-electron chi connectivity index (χ1n) is 35.7. The molecule has 6 heteroatoms. The van der Waals surface area contributed by atoms with Gasteiger partial charge in [-0.25, -0.2) is 0 Å². The van der Waals surface area contributed by atoms with Crippen molar-refractivity contribution in [1.82, 2.24) is 0 Å². The number of unbranched alkanes of at least 4 members (excludes halogenated alkanes) is 38. The van der Waals surface area contributed by atoms with Gasteiger partial charge in [-0.2, -0.15) is 0 Å². The van der Waals surface area contributed by atoms with Crippen LogP contribution in [0, 0.1) is 0 Å². The number of ether oxygens (including phenoxy) is 3. The van der Waals surface area contributed by atoms with Crippen LogP contribution >= 0.6 is 0 Å². The summed E-state index contributed by atoms with van der Waals surface area (Å²) in [7, 11) is 0. The summed E-state index contributed by atoms with van der Waals surface area (Å²) in [4.78, 5) is 38.4.